The molecule has 0 aliphatic rings. The Morgan fingerprint density at radius 3 is 2.47 bits per heavy atom. The molecule has 1 aromatic carbocycles. The summed E-state index contributed by atoms with van der Waals surface area (Å²) in [5.41, 5.74) is 1.68. The van der Waals surface area contributed by atoms with E-state index in [1.165, 1.54) is 0 Å². The van der Waals surface area contributed by atoms with Gasteiger partial charge in [0.05, 0.1) is 17.4 Å². The molecule has 0 aromatic heterocycles. The zero-order valence-electron chi connectivity index (χ0n) is 9.39. The van der Waals surface area contributed by atoms with Gasteiger partial charge in [-0.15, -0.1) is 0 Å². The lowest BCUT2D eigenvalue weighted by Crippen LogP contribution is -2.22. The van der Waals surface area contributed by atoms with Crippen LogP contribution >= 0.6 is 0 Å². The quantitative estimate of drug-likeness (QED) is 0.714. The molecule has 0 aliphatic heterocycles. The van der Waals surface area contributed by atoms with Crippen LogP contribution in [-0.4, -0.2) is 20.7 Å². The summed E-state index contributed by atoms with van der Waals surface area (Å²) < 4.78 is 21.3. The highest BCUT2D eigenvalue weighted by Gasteiger charge is 2.01. The van der Waals surface area contributed by atoms with Crippen LogP contribution in [0.4, 0.5) is 0 Å². The summed E-state index contributed by atoms with van der Waals surface area (Å²) in [4.78, 5) is 0. The van der Waals surface area contributed by atoms with Gasteiger partial charge in [-0.2, -0.15) is 5.26 Å². The second-order valence-corrected chi connectivity index (χ2v) is 5.44. The predicted octanol–water partition coefficient (Wildman–Crippen LogP) is 0.326. The summed E-state index contributed by atoms with van der Waals surface area (Å²) in [5.74, 6) is -0.00658. The Morgan fingerprint density at radius 2 is 1.94 bits per heavy atom. The summed E-state index contributed by atoms with van der Waals surface area (Å²) in [6.07, 6.45) is 0.495. The van der Waals surface area contributed by atoms with E-state index in [0.717, 1.165) is 5.56 Å². The van der Waals surface area contributed by atoms with E-state index in [4.69, 9.17) is 10.4 Å². The molecule has 0 unspecified atom stereocenters. The Labute approximate surface area is 101 Å². The van der Waals surface area contributed by atoms with Gasteiger partial charge in [0.15, 0.2) is 0 Å². The van der Waals surface area contributed by atoms with Gasteiger partial charge in [-0.25, -0.2) is 13.6 Å². The second-order valence-electron chi connectivity index (χ2n) is 3.71. The molecule has 0 amide bonds. The van der Waals surface area contributed by atoms with Gasteiger partial charge in [0.25, 0.3) is 0 Å². The molecular formula is C11H15N3O2S. The fourth-order valence-corrected chi connectivity index (χ4v) is 1.87. The first-order valence-electron chi connectivity index (χ1n) is 5.21. The highest BCUT2D eigenvalue weighted by Crippen LogP contribution is 2.02. The van der Waals surface area contributed by atoms with Crippen molar-refractivity contribution in [2.24, 2.45) is 5.14 Å². The molecule has 6 heteroatoms. The summed E-state index contributed by atoms with van der Waals surface area (Å²) in [6.45, 7) is 1.24. The number of nitrogens with two attached hydrogens (primary N) is 1. The van der Waals surface area contributed by atoms with E-state index in [1.54, 1.807) is 12.1 Å². The van der Waals surface area contributed by atoms with Crippen LogP contribution in [-0.2, 0) is 16.6 Å². The third kappa shape index (κ3) is 6.02. The topological polar surface area (TPSA) is 96.0 Å². The van der Waals surface area contributed by atoms with E-state index in [0.29, 0.717) is 25.1 Å². The molecule has 0 heterocycles. The zero-order valence-corrected chi connectivity index (χ0v) is 10.2. The first kappa shape index (κ1) is 13.6. The van der Waals surface area contributed by atoms with Gasteiger partial charge in [-0.1, -0.05) is 12.1 Å². The minimum atomic E-state index is -3.35. The molecule has 0 atom stereocenters. The fourth-order valence-electron chi connectivity index (χ4n) is 1.33. The van der Waals surface area contributed by atoms with Crippen LogP contribution < -0.4 is 10.5 Å². The largest absolute Gasteiger partial charge is 0.313 e. The van der Waals surface area contributed by atoms with E-state index in [1.807, 2.05) is 18.2 Å². The Kier molecular flexibility index (Phi) is 5.10. The van der Waals surface area contributed by atoms with Crippen LogP contribution in [0.25, 0.3) is 0 Å². The molecule has 0 aliphatic carbocycles. The van der Waals surface area contributed by atoms with Crippen molar-refractivity contribution < 1.29 is 8.42 Å². The van der Waals surface area contributed by atoms with Crippen molar-refractivity contribution in [2.75, 3.05) is 12.3 Å². The molecule has 0 saturated carbocycles. The molecule has 0 radical (unpaired) electrons. The van der Waals surface area contributed by atoms with Crippen LogP contribution in [0.5, 0.6) is 0 Å². The Morgan fingerprint density at radius 1 is 1.29 bits per heavy atom. The van der Waals surface area contributed by atoms with Gasteiger partial charge in [0, 0.05) is 6.54 Å². The van der Waals surface area contributed by atoms with Crippen molar-refractivity contribution in [1.29, 1.82) is 5.26 Å². The first-order valence-corrected chi connectivity index (χ1v) is 6.93. The van der Waals surface area contributed by atoms with Gasteiger partial charge < -0.3 is 5.32 Å². The van der Waals surface area contributed by atoms with Crippen LogP contribution in [0.1, 0.15) is 17.5 Å². The van der Waals surface area contributed by atoms with Crippen molar-refractivity contribution in [3.8, 4) is 6.07 Å². The lowest BCUT2D eigenvalue weighted by Gasteiger charge is -2.04. The Bertz CT molecular complexity index is 488. The average Bonchev–Trinajstić information content (AvgIpc) is 2.28. The fraction of sp³-hybridized carbons (Fsp3) is 0.364. The lowest BCUT2D eigenvalue weighted by molar-refractivity contribution is 0.590. The molecule has 3 N–H and O–H groups in total. The van der Waals surface area contributed by atoms with E-state index < -0.39 is 10.0 Å². The standard InChI is InChI=1S/C11H15N3O2S/c12-8-10-2-4-11(5-3-10)9-14-6-1-7-17(13,15)16/h2-5,14H,1,6-7,9H2,(H2,13,15,16). The number of nitrogens with zero attached hydrogens (tertiary/aromatic N) is 1. The van der Waals surface area contributed by atoms with Gasteiger partial charge in [0.1, 0.15) is 0 Å². The Balaban J connectivity index is 2.25. The van der Waals surface area contributed by atoms with Crippen molar-refractivity contribution in [1.82, 2.24) is 5.32 Å². The second kappa shape index (κ2) is 6.35. The summed E-state index contributed by atoms with van der Waals surface area (Å²) in [7, 11) is -3.35. The number of nitriles is 1. The number of primary sulfonamides is 1. The zero-order chi connectivity index (χ0) is 12.7. The number of benzene rings is 1. The van der Waals surface area contributed by atoms with Gasteiger partial charge >= 0.3 is 0 Å². The van der Waals surface area contributed by atoms with Crippen LogP contribution in [0.15, 0.2) is 24.3 Å². The SMILES string of the molecule is N#Cc1ccc(CNCCCS(N)(=O)=O)cc1. The van der Waals surface area contributed by atoms with Crippen LogP contribution in [0.2, 0.25) is 0 Å². The third-order valence-electron chi connectivity index (χ3n) is 2.19. The molecule has 1 rings (SSSR count). The summed E-state index contributed by atoms with van der Waals surface area (Å²) >= 11 is 0. The van der Waals surface area contributed by atoms with E-state index in [-0.39, 0.29) is 5.75 Å². The molecule has 0 spiro atoms. The average molecular weight is 253 g/mol. The normalized spacial score (nSPS) is 11.1. The highest BCUT2D eigenvalue weighted by molar-refractivity contribution is 7.89. The minimum absolute atomic E-state index is 0.00658. The summed E-state index contributed by atoms with van der Waals surface area (Å²) in [6, 6.07) is 9.28. The minimum Gasteiger partial charge on any atom is -0.313 e. The third-order valence-corrected chi connectivity index (χ3v) is 3.05. The van der Waals surface area contributed by atoms with Crippen molar-refractivity contribution >= 4 is 10.0 Å². The van der Waals surface area contributed by atoms with E-state index in [2.05, 4.69) is 5.32 Å². The maximum Gasteiger partial charge on any atom is 0.209 e. The van der Waals surface area contributed by atoms with Gasteiger partial charge in [-0.3, -0.25) is 0 Å². The maximum atomic E-state index is 10.7. The predicted molar refractivity (Wildman–Crippen MR) is 65.5 cm³/mol. The van der Waals surface area contributed by atoms with Crippen molar-refractivity contribution in [3.63, 3.8) is 0 Å². The number of hydrogen-bond donors (Lipinski definition) is 2. The smallest absolute Gasteiger partial charge is 0.209 e. The molecule has 5 nitrogen and oxygen atoms in total. The molecular weight excluding hydrogens is 238 g/mol. The highest BCUT2D eigenvalue weighted by atomic mass is 32.2. The van der Waals surface area contributed by atoms with E-state index in [9.17, 15) is 8.42 Å². The number of nitrogens with one attached hydrogen (secondary N) is 1. The molecule has 1 aromatic rings. The van der Waals surface area contributed by atoms with Gasteiger partial charge in [0.2, 0.25) is 10.0 Å². The Hall–Kier alpha value is -1.42. The molecule has 17 heavy (non-hydrogen) atoms. The monoisotopic (exact) mass is 253 g/mol. The molecule has 0 saturated heterocycles. The van der Waals surface area contributed by atoms with Crippen molar-refractivity contribution in [3.05, 3.63) is 35.4 Å². The summed E-state index contributed by atoms with van der Waals surface area (Å²) in [5, 5.41) is 16.6. The lowest BCUT2D eigenvalue weighted by atomic mass is 10.1. The van der Waals surface area contributed by atoms with Crippen LogP contribution in [0.3, 0.4) is 0 Å². The molecule has 92 valence electrons. The number of rotatable bonds is 6. The van der Waals surface area contributed by atoms with Gasteiger partial charge in [-0.05, 0) is 30.7 Å². The maximum absolute atomic E-state index is 10.7. The number of hydrogen-bond acceptors (Lipinski definition) is 4. The number of sulfonamides is 1. The van der Waals surface area contributed by atoms with E-state index >= 15 is 0 Å². The molecule has 0 bridgehead atoms. The molecule has 0 fully saturated rings. The van der Waals surface area contributed by atoms with Crippen molar-refractivity contribution in [2.45, 2.75) is 13.0 Å². The van der Waals surface area contributed by atoms with Crippen LogP contribution in [0, 0.1) is 11.3 Å². The first-order chi connectivity index (χ1) is 8.01.